The fraction of sp³-hybridized carbons (Fsp3) is 0.143. The highest BCUT2D eigenvalue weighted by atomic mass is 35.5. The molecule has 0 saturated carbocycles. The van der Waals surface area contributed by atoms with E-state index in [1.807, 2.05) is 18.2 Å². The average Bonchev–Trinajstić information content (AvgIpc) is 2.40. The first-order chi connectivity index (χ1) is 9.11. The molecule has 2 N–H and O–H groups in total. The van der Waals surface area contributed by atoms with Gasteiger partial charge in [-0.15, -0.1) is 0 Å². The Morgan fingerprint density at radius 3 is 2.47 bits per heavy atom. The van der Waals surface area contributed by atoms with Gasteiger partial charge in [0.25, 0.3) is 0 Å². The molecule has 0 aliphatic carbocycles. The molecule has 1 atom stereocenters. The molecule has 0 aliphatic rings. The van der Waals surface area contributed by atoms with Crippen molar-refractivity contribution in [3.05, 3.63) is 63.1 Å². The molecule has 5 heteroatoms. The molecule has 0 bridgehead atoms. The maximum atomic E-state index is 6.09. The van der Waals surface area contributed by atoms with Crippen molar-refractivity contribution in [2.75, 3.05) is 6.54 Å². The van der Waals surface area contributed by atoms with Crippen molar-refractivity contribution in [2.24, 2.45) is 5.73 Å². The monoisotopic (exact) mass is 315 g/mol. The summed E-state index contributed by atoms with van der Waals surface area (Å²) in [4.78, 5) is 0. The molecule has 2 rings (SSSR count). The topological polar surface area (TPSA) is 35.2 Å². The summed E-state index contributed by atoms with van der Waals surface area (Å²) >= 11 is 18.0. The summed E-state index contributed by atoms with van der Waals surface area (Å²) in [6, 6.07) is 12.6. The van der Waals surface area contributed by atoms with Crippen molar-refractivity contribution < 1.29 is 4.74 Å². The van der Waals surface area contributed by atoms with Crippen LogP contribution in [0.4, 0.5) is 0 Å². The van der Waals surface area contributed by atoms with Crippen molar-refractivity contribution in [3.8, 4) is 5.75 Å². The molecule has 0 aliphatic heterocycles. The minimum Gasteiger partial charge on any atom is -0.483 e. The van der Waals surface area contributed by atoms with E-state index < -0.39 is 0 Å². The van der Waals surface area contributed by atoms with Crippen LogP contribution in [0.3, 0.4) is 0 Å². The molecule has 0 fully saturated rings. The van der Waals surface area contributed by atoms with E-state index in [4.69, 9.17) is 45.3 Å². The predicted octanol–water partition coefficient (Wildman–Crippen LogP) is 4.73. The number of rotatable bonds is 4. The molecule has 100 valence electrons. The molecule has 1 unspecified atom stereocenters. The van der Waals surface area contributed by atoms with Crippen LogP contribution in [-0.4, -0.2) is 6.54 Å². The van der Waals surface area contributed by atoms with E-state index in [2.05, 4.69) is 0 Å². The third kappa shape index (κ3) is 3.54. The second-order valence-corrected chi connectivity index (χ2v) is 5.17. The van der Waals surface area contributed by atoms with Crippen LogP contribution < -0.4 is 10.5 Å². The van der Waals surface area contributed by atoms with Crippen LogP contribution in [0, 0.1) is 0 Å². The van der Waals surface area contributed by atoms with Gasteiger partial charge in [-0.05, 0) is 29.8 Å². The Balaban J connectivity index is 2.26. The highest BCUT2D eigenvalue weighted by Crippen LogP contribution is 2.34. The van der Waals surface area contributed by atoms with E-state index in [1.165, 1.54) is 0 Å². The summed E-state index contributed by atoms with van der Waals surface area (Å²) in [6.07, 6.45) is -0.324. The Kier molecular flexibility index (Phi) is 4.94. The molecule has 19 heavy (non-hydrogen) atoms. The number of halogens is 3. The molecule has 2 aromatic rings. The van der Waals surface area contributed by atoms with Gasteiger partial charge < -0.3 is 10.5 Å². The lowest BCUT2D eigenvalue weighted by atomic mass is 10.1. The van der Waals surface area contributed by atoms with Gasteiger partial charge in [0.15, 0.2) is 0 Å². The molecule has 0 spiro atoms. The summed E-state index contributed by atoms with van der Waals surface area (Å²) in [6.45, 7) is 0.309. The van der Waals surface area contributed by atoms with Gasteiger partial charge in [0.2, 0.25) is 0 Å². The maximum absolute atomic E-state index is 6.09. The lowest BCUT2D eigenvalue weighted by Crippen LogP contribution is -2.18. The minimum atomic E-state index is -0.324. The Morgan fingerprint density at radius 2 is 1.79 bits per heavy atom. The van der Waals surface area contributed by atoms with Gasteiger partial charge in [-0.2, -0.15) is 0 Å². The molecule has 2 nitrogen and oxygen atoms in total. The lowest BCUT2D eigenvalue weighted by molar-refractivity contribution is 0.214. The van der Waals surface area contributed by atoms with E-state index in [9.17, 15) is 0 Å². The van der Waals surface area contributed by atoms with E-state index in [1.54, 1.807) is 24.3 Å². The van der Waals surface area contributed by atoms with Gasteiger partial charge in [-0.3, -0.25) is 0 Å². The Morgan fingerprint density at radius 1 is 1.05 bits per heavy atom. The molecular weight excluding hydrogens is 305 g/mol. The van der Waals surface area contributed by atoms with E-state index in [0.717, 1.165) is 5.56 Å². The second-order valence-electron chi connectivity index (χ2n) is 3.95. The second kappa shape index (κ2) is 6.49. The summed E-state index contributed by atoms with van der Waals surface area (Å²) in [5, 5.41) is 1.46. The molecular formula is C14H12Cl3NO. The molecule has 0 amide bonds. The maximum Gasteiger partial charge on any atom is 0.140 e. The highest BCUT2D eigenvalue weighted by Gasteiger charge is 2.14. The number of hydrogen-bond acceptors (Lipinski definition) is 2. The third-order valence-corrected chi connectivity index (χ3v) is 3.66. The average molecular weight is 317 g/mol. The van der Waals surface area contributed by atoms with Crippen LogP contribution in [0.1, 0.15) is 11.7 Å². The zero-order valence-electron chi connectivity index (χ0n) is 9.95. The summed E-state index contributed by atoms with van der Waals surface area (Å²) in [5.74, 6) is 0.504. The number of benzene rings is 2. The molecule has 0 aromatic heterocycles. The quantitative estimate of drug-likeness (QED) is 0.885. The van der Waals surface area contributed by atoms with Gasteiger partial charge in [0.05, 0.1) is 5.02 Å². The van der Waals surface area contributed by atoms with Crippen LogP contribution in [-0.2, 0) is 0 Å². The molecule has 2 aromatic carbocycles. The van der Waals surface area contributed by atoms with Crippen molar-refractivity contribution in [1.82, 2.24) is 0 Å². The molecule has 0 heterocycles. The zero-order chi connectivity index (χ0) is 13.8. The normalized spacial score (nSPS) is 12.2. The van der Waals surface area contributed by atoms with Gasteiger partial charge >= 0.3 is 0 Å². The van der Waals surface area contributed by atoms with Crippen LogP contribution in [0.5, 0.6) is 5.75 Å². The Hall–Kier alpha value is -0.930. The van der Waals surface area contributed by atoms with E-state index >= 15 is 0 Å². The summed E-state index contributed by atoms with van der Waals surface area (Å²) in [7, 11) is 0. The van der Waals surface area contributed by atoms with Gasteiger partial charge in [0, 0.05) is 11.6 Å². The van der Waals surface area contributed by atoms with Crippen LogP contribution >= 0.6 is 34.8 Å². The van der Waals surface area contributed by atoms with Gasteiger partial charge in [0.1, 0.15) is 16.9 Å². The fourth-order valence-electron chi connectivity index (χ4n) is 1.69. The first-order valence-electron chi connectivity index (χ1n) is 5.68. The smallest absolute Gasteiger partial charge is 0.140 e. The zero-order valence-corrected chi connectivity index (χ0v) is 12.2. The highest BCUT2D eigenvalue weighted by molar-refractivity contribution is 6.42. The minimum absolute atomic E-state index is 0.309. The van der Waals surface area contributed by atoms with Crippen LogP contribution in [0.2, 0.25) is 15.1 Å². The third-order valence-electron chi connectivity index (χ3n) is 2.62. The van der Waals surface area contributed by atoms with Crippen LogP contribution in [0.15, 0.2) is 42.5 Å². The van der Waals surface area contributed by atoms with E-state index in [-0.39, 0.29) is 6.10 Å². The molecule has 0 saturated heterocycles. The summed E-state index contributed by atoms with van der Waals surface area (Å²) < 4.78 is 5.82. The van der Waals surface area contributed by atoms with Crippen molar-refractivity contribution in [1.29, 1.82) is 0 Å². The number of hydrogen-bond donors (Lipinski definition) is 1. The van der Waals surface area contributed by atoms with Crippen molar-refractivity contribution >= 4 is 34.8 Å². The number of nitrogens with two attached hydrogens (primary N) is 1. The van der Waals surface area contributed by atoms with Crippen LogP contribution in [0.25, 0.3) is 0 Å². The first kappa shape index (κ1) is 14.5. The largest absolute Gasteiger partial charge is 0.483 e. The Bertz CT molecular complexity index is 574. The predicted molar refractivity (Wildman–Crippen MR) is 80.3 cm³/mol. The first-order valence-corrected chi connectivity index (χ1v) is 6.81. The number of ether oxygens (including phenoxy) is 1. The summed E-state index contributed by atoms with van der Waals surface area (Å²) in [5.41, 5.74) is 6.64. The molecule has 0 radical (unpaired) electrons. The standard InChI is InChI=1S/C14H12Cl3NO/c15-10-4-1-3-9(7-10)13(8-18)19-12-6-2-5-11(16)14(12)17/h1-7,13H,8,18H2. The fourth-order valence-corrected chi connectivity index (χ4v) is 2.22. The van der Waals surface area contributed by atoms with Gasteiger partial charge in [-0.1, -0.05) is 53.0 Å². The SMILES string of the molecule is NCC(Oc1cccc(Cl)c1Cl)c1cccc(Cl)c1. The van der Waals surface area contributed by atoms with E-state index in [0.29, 0.717) is 27.4 Å². The van der Waals surface area contributed by atoms with Crippen molar-refractivity contribution in [2.45, 2.75) is 6.10 Å². The lowest BCUT2D eigenvalue weighted by Gasteiger charge is -2.19. The Labute approximate surface area is 127 Å². The van der Waals surface area contributed by atoms with Crippen molar-refractivity contribution in [3.63, 3.8) is 0 Å². The van der Waals surface area contributed by atoms with Gasteiger partial charge in [-0.25, -0.2) is 0 Å².